The van der Waals surface area contributed by atoms with Gasteiger partial charge in [0.25, 0.3) is 0 Å². The Morgan fingerprint density at radius 2 is 1.65 bits per heavy atom. The maximum absolute atomic E-state index is 12.8. The molecule has 1 heterocycles. The summed E-state index contributed by atoms with van der Waals surface area (Å²) in [7, 11) is 0. The molecule has 0 atom stereocenters. The van der Waals surface area contributed by atoms with Crippen LogP contribution in [0.25, 0.3) is 0 Å². The molecule has 2 nitrogen and oxygen atoms in total. The molecule has 96 valence electrons. The van der Waals surface area contributed by atoms with Crippen molar-refractivity contribution in [3.8, 4) is 5.88 Å². The van der Waals surface area contributed by atoms with Gasteiger partial charge in [-0.3, -0.25) is 0 Å². The SMILES string of the molecule is Fc1cc(Br)c(OC(F)(F)F)nc1C(F)(F)F. The average Bonchev–Trinajstić information content (AvgIpc) is 2.05. The highest BCUT2D eigenvalue weighted by Crippen LogP contribution is 2.36. The monoisotopic (exact) mass is 327 g/mol. The first-order valence-corrected chi connectivity index (χ1v) is 4.49. The standard InChI is InChI=1S/C7HBrF7NO/c8-2-1-3(9)4(6(10,11)12)16-5(2)17-7(13,14)15/h1H. The zero-order valence-electron chi connectivity index (χ0n) is 7.46. The number of nitrogens with zero attached hydrogens (tertiary/aromatic N) is 1. The largest absolute Gasteiger partial charge is 0.574 e. The Labute approximate surface area is 97.5 Å². The van der Waals surface area contributed by atoms with Crippen LogP contribution in [-0.4, -0.2) is 11.3 Å². The Kier molecular flexibility index (Phi) is 3.55. The Balaban J connectivity index is 3.25. The molecule has 1 aromatic heterocycles. The molecule has 0 aliphatic carbocycles. The molecule has 0 fully saturated rings. The first kappa shape index (κ1) is 14.0. The lowest BCUT2D eigenvalue weighted by atomic mass is 10.3. The van der Waals surface area contributed by atoms with E-state index in [0.29, 0.717) is 0 Å². The van der Waals surface area contributed by atoms with Gasteiger partial charge >= 0.3 is 12.5 Å². The highest BCUT2D eigenvalue weighted by Gasteiger charge is 2.39. The minimum atomic E-state index is -5.23. The number of halogens is 8. The Morgan fingerprint density at radius 1 is 1.12 bits per heavy atom. The molecule has 1 rings (SSSR count). The summed E-state index contributed by atoms with van der Waals surface area (Å²) in [5, 5.41) is 0. The van der Waals surface area contributed by atoms with Gasteiger partial charge in [-0.2, -0.15) is 13.2 Å². The molecule has 0 amide bonds. The summed E-state index contributed by atoms with van der Waals surface area (Å²) in [6, 6.07) is 0.191. The summed E-state index contributed by atoms with van der Waals surface area (Å²) in [6.07, 6.45) is -10.4. The van der Waals surface area contributed by atoms with E-state index in [2.05, 4.69) is 25.7 Å². The summed E-state index contributed by atoms with van der Waals surface area (Å²) in [5.41, 5.74) is -2.08. The van der Waals surface area contributed by atoms with Crippen LogP contribution >= 0.6 is 15.9 Å². The quantitative estimate of drug-likeness (QED) is 0.730. The van der Waals surface area contributed by atoms with Crippen LogP contribution in [0.2, 0.25) is 0 Å². The molecule has 0 bridgehead atoms. The van der Waals surface area contributed by atoms with Gasteiger partial charge < -0.3 is 4.74 Å². The van der Waals surface area contributed by atoms with Crippen molar-refractivity contribution in [3.05, 3.63) is 22.1 Å². The Bertz CT molecular complexity index is 427. The van der Waals surface area contributed by atoms with Gasteiger partial charge in [0.15, 0.2) is 11.5 Å². The zero-order valence-corrected chi connectivity index (χ0v) is 9.04. The van der Waals surface area contributed by atoms with Gasteiger partial charge in [-0.05, 0) is 22.0 Å². The number of rotatable bonds is 1. The van der Waals surface area contributed by atoms with E-state index in [1.165, 1.54) is 0 Å². The van der Waals surface area contributed by atoms with E-state index in [9.17, 15) is 30.7 Å². The smallest absolute Gasteiger partial charge is 0.387 e. The molecular weight excluding hydrogens is 327 g/mol. The molecule has 0 saturated carbocycles. The van der Waals surface area contributed by atoms with E-state index < -0.39 is 34.4 Å². The average molecular weight is 328 g/mol. The van der Waals surface area contributed by atoms with Crippen LogP contribution in [-0.2, 0) is 6.18 Å². The molecule has 0 unspecified atom stereocenters. The third-order valence-corrected chi connectivity index (χ3v) is 1.95. The van der Waals surface area contributed by atoms with Crippen molar-refractivity contribution in [1.82, 2.24) is 4.98 Å². The van der Waals surface area contributed by atoms with Gasteiger partial charge in [0.2, 0.25) is 5.88 Å². The van der Waals surface area contributed by atoms with Gasteiger partial charge in [-0.15, -0.1) is 13.2 Å². The minimum Gasteiger partial charge on any atom is -0.387 e. The lowest BCUT2D eigenvalue weighted by molar-refractivity contribution is -0.276. The molecule has 0 aromatic carbocycles. The number of alkyl halides is 6. The summed E-state index contributed by atoms with van der Waals surface area (Å²) in [4.78, 5) is 2.44. The fourth-order valence-electron chi connectivity index (χ4n) is 0.830. The molecule has 1 aromatic rings. The molecule has 17 heavy (non-hydrogen) atoms. The van der Waals surface area contributed by atoms with Crippen molar-refractivity contribution < 1.29 is 35.5 Å². The van der Waals surface area contributed by atoms with Crippen LogP contribution in [0.3, 0.4) is 0 Å². The van der Waals surface area contributed by atoms with E-state index in [1.54, 1.807) is 0 Å². The fourth-order valence-corrected chi connectivity index (χ4v) is 1.20. The normalized spacial score (nSPS) is 12.7. The summed E-state index contributed by atoms with van der Waals surface area (Å²) in [6.45, 7) is 0. The third-order valence-electron chi connectivity index (χ3n) is 1.38. The van der Waals surface area contributed by atoms with Gasteiger partial charge in [0.1, 0.15) is 0 Å². The number of pyridine rings is 1. The summed E-state index contributed by atoms with van der Waals surface area (Å²) < 4.78 is 87.1. The van der Waals surface area contributed by atoms with Crippen LogP contribution in [0.4, 0.5) is 30.7 Å². The molecule has 0 radical (unpaired) electrons. The molecule has 0 saturated heterocycles. The maximum Gasteiger partial charge on any atom is 0.574 e. The van der Waals surface area contributed by atoms with Crippen LogP contribution in [0.5, 0.6) is 5.88 Å². The van der Waals surface area contributed by atoms with Crippen molar-refractivity contribution in [1.29, 1.82) is 0 Å². The van der Waals surface area contributed by atoms with Gasteiger partial charge in [0.05, 0.1) is 4.47 Å². The maximum atomic E-state index is 12.8. The van der Waals surface area contributed by atoms with Crippen molar-refractivity contribution >= 4 is 15.9 Å². The second-order valence-corrected chi connectivity index (χ2v) is 3.51. The predicted molar refractivity (Wildman–Crippen MR) is 43.6 cm³/mol. The Morgan fingerprint density at radius 3 is 2.06 bits per heavy atom. The second kappa shape index (κ2) is 4.31. The molecular formula is C7HBrF7NO. The van der Waals surface area contributed by atoms with E-state index in [1.807, 2.05) is 0 Å². The van der Waals surface area contributed by atoms with E-state index in [0.717, 1.165) is 0 Å². The second-order valence-electron chi connectivity index (χ2n) is 2.65. The van der Waals surface area contributed by atoms with E-state index in [4.69, 9.17) is 0 Å². The first-order valence-electron chi connectivity index (χ1n) is 3.69. The lowest BCUT2D eigenvalue weighted by Crippen LogP contribution is -2.20. The minimum absolute atomic E-state index is 0.191. The number of aromatic nitrogens is 1. The molecule has 0 spiro atoms. The predicted octanol–water partition coefficient (Wildman–Crippen LogP) is 3.90. The van der Waals surface area contributed by atoms with Crippen LogP contribution < -0.4 is 4.74 Å². The summed E-state index contributed by atoms with van der Waals surface area (Å²) in [5.74, 6) is -3.22. The lowest BCUT2D eigenvalue weighted by Gasteiger charge is -2.12. The molecule has 0 aliphatic heterocycles. The van der Waals surface area contributed by atoms with Crippen LogP contribution in [0, 0.1) is 5.82 Å². The van der Waals surface area contributed by atoms with Crippen LogP contribution in [0.1, 0.15) is 5.69 Å². The highest BCUT2D eigenvalue weighted by molar-refractivity contribution is 9.10. The topological polar surface area (TPSA) is 22.1 Å². The van der Waals surface area contributed by atoms with Crippen molar-refractivity contribution in [2.75, 3.05) is 0 Å². The number of hydrogen-bond acceptors (Lipinski definition) is 2. The van der Waals surface area contributed by atoms with E-state index in [-0.39, 0.29) is 6.07 Å². The van der Waals surface area contributed by atoms with Crippen molar-refractivity contribution in [2.45, 2.75) is 12.5 Å². The van der Waals surface area contributed by atoms with Crippen LogP contribution in [0.15, 0.2) is 10.5 Å². The Hall–Kier alpha value is -1.06. The van der Waals surface area contributed by atoms with Gasteiger partial charge in [-0.25, -0.2) is 9.37 Å². The van der Waals surface area contributed by atoms with E-state index >= 15 is 0 Å². The van der Waals surface area contributed by atoms with Gasteiger partial charge in [0, 0.05) is 0 Å². The van der Waals surface area contributed by atoms with Crippen molar-refractivity contribution in [3.63, 3.8) is 0 Å². The zero-order chi connectivity index (χ0) is 13.4. The molecule has 0 N–H and O–H groups in total. The first-order chi connectivity index (χ1) is 7.50. The number of hydrogen-bond donors (Lipinski definition) is 0. The third kappa shape index (κ3) is 3.72. The number of ether oxygens (including phenoxy) is 1. The molecule has 0 aliphatic rings. The summed E-state index contributed by atoms with van der Waals surface area (Å²) >= 11 is 2.41. The molecule has 10 heteroatoms. The highest BCUT2D eigenvalue weighted by atomic mass is 79.9. The fraction of sp³-hybridized carbons (Fsp3) is 0.286. The van der Waals surface area contributed by atoms with Gasteiger partial charge in [-0.1, -0.05) is 0 Å². The van der Waals surface area contributed by atoms with Crippen molar-refractivity contribution in [2.24, 2.45) is 0 Å².